The number of rotatable bonds is 2. The number of halogens is 2. The number of thiophene rings is 1. The van der Waals surface area contributed by atoms with E-state index in [0.29, 0.717) is 18.4 Å². The smallest absolute Gasteiger partial charge is 0.260 e. The van der Waals surface area contributed by atoms with E-state index in [1.807, 2.05) is 11.4 Å². The molecule has 0 bridgehead atoms. The predicted octanol–water partition coefficient (Wildman–Crippen LogP) is 2.40. The molecule has 0 spiro atoms. The first-order valence-corrected chi connectivity index (χ1v) is 7.91. The van der Waals surface area contributed by atoms with Crippen molar-refractivity contribution in [1.82, 2.24) is 9.47 Å². The summed E-state index contributed by atoms with van der Waals surface area (Å²) < 4.78 is 16.1. The predicted molar refractivity (Wildman–Crippen MR) is 79.9 cm³/mol. The molecule has 2 aromatic rings. The minimum Gasteiger partial charge on any atom is -0.338 e. The minimum absolute atomic E-state index is 0.0379. The third-order valence-corrected chi connectivity index (χ3v) is 5.32. The normalized spacial score (nSPS) is 18.9. The van der Waals surface area contributed by atoms with E-state index >= 15 is 0 Å². The van der Waals surface area contributed by atoms with Crippen molar-refractivity contribution in [3.8, 4) is 0 Å². The van der Waals surface area contributed by atoms with E-state index in [2.05, 4.69) is 15.9 Å². The van der Waals surface area contributed by atoms with Crippen molar-refractivity contribution in [2.45, 2.75) is 19.1 Å². The number of alkyl halides is 1. The number of likely N-dealkylation sites (tertiary alicyclic amines) is 1. The number of hydrogen-bond acceptors (Lipinski definition) is 3. The summed E-state index contributed by atoms with van der Waals surface area (Å²) in [6.45, 7) is 0.529. The molecule has 106 valence electrons. The van der Waals surface area contributed by atoms with Gasteiger partial charge in [-0.15, -0.1) is 11.3 Å². The summed E-state index contributed by atoms with van der Waals surface area (Å²) in [4.78, 5) is 25.9. The summed E-state index contributed by atoms with van der Waals surface area (Å²) in [5.74, 6) is -0.210. The molecule has 1 aliphatic rings. The standard InChI is InChI=1S/C13H12BrFN2O2S/c14-9-7-20-10-2-4-17(13(19)12(9)10)6-11(18)16-3-1-8(15)5-16/h2,4,7-8H,1,3,5-6H2. The molecule has 2 aromatic heterocycles. The highest BCUT2D eigenvalue weighted by Crippen LogP contribution is 2.27. The molecule has 0 radical (unpaired) electrons. The molecule has 20 heavy (non-hydrogen) atoms. The molecule has 0 aliphatic carbocycles. The first-order chi connectivity index (χ1) is 9.56. The highest BCUT2D eigenvalue weighted by atomic mass is 79.9. The lowest BCUT2D eigenvalue weighted by atomic mass is 10.3. The van der Waals surface area contributed by atoms with Gasteiger partial charge in [0.1, 0.15) is 12.7 Å². The van der Waals surface area contributed by atoms with Crippen LogP contribution in [0, 0.1) is 0 Å². The van der Waals surface area contributed by atoms with Crippen molar-refractivity contribution >= 4 is 43.3 Å². The first-order valence-electron chi connectivity index (χ1n) is 6.24. The molecule has 0 N–H and O–H groups in total. The van der Waals surface area contributed by atoms with Crippen LogP contribution in [-0.4, -0.2) is 34.6 Å². The molecule has 0 saturated carbocycles. The summed E-state index contributed by atoms with van der Waals surface area (Å²) in [7, 11) is 0. The molecule has 1 atom stereocenters. The molecule has 1 aliphatic heterocycles. The quantitative estimate of drug-likeness (QED) is 0.827. The van der Waals surface area contributed by atoms with Gasteiger partial charge in [0.25, 0.3) is 5.56 Å². The Morgan fingerprint density at radius 2 is 2.35 bits per heavy atom. The molecule has 1 unspecified atom stereocenters. The Labute approximate surface area is 126 Å². The topological polar surface area (TPSA) is 42.3 Å². The van der Waals surface area contributed by atoms with E-state index in [-0.39, 0.29) is 24.6 Å². The van der Waals surface area contributed by atoms with Crippen LogP contribution >= 0.6 is 27.3 Å². The van der Waals surface area contributed by atoms with E-state index in [1.165, 1.54) is 20.8 Å². The van der Waals surface area contributed by atoms with Gasteiger partial charge >= 0.3 is 0 Å². The fourth-order valence-electron chi connectivity index (χ4n) is 2.36. The van der Waals surface area contributed by atoms with E-state index in [0.717, 1.165) is 9.17 Å². The second-order valence-corrected chi connectivity index (χ2v) is 6.56. The molecule has 4 nitrogen and oxygen atoms in total. The number of amides is 1. The monoisotopic (exact) mass is 358 g/mol. The van der Waals surface area contributed by atoms with E-state index in [1.54, 1.807) is 6.20 Å². The number of aromatic nitrogens is 1. The van der Waals surface area contributed by atoms with Crippen LogP contribution in [-0.2, 0) is 11.3 Å². The number of carbonyl (C=O) groups is 1. The van der Waals surface area contributed by atoms with E-state index in [9.17, 15) is 14.0 Å². The fourth-order valence-corrected chi connectivity index (χ4v) is 3.96. The summed E-state index contributed by atoms with van der Waals surface area (Å²) in [6, 6.07) is 1.82. The van der Waals surface area contributed by atoms with Gasteiger partial charge in [-0.1, -0.05) is 0 Å². The highest BCUT2D eigenvalue weighted by molar-refractivity contribution is 9.10. The van der Waals surface area contributed by atoms with Gasteiger partial charge < -0.3 is 9.47 Å². The number of hydrogen-bond donors (Lipinski definition) is 0. The Morgan fingerprint density at radius 3 is 3.05 bits per heavy atom. The summed E-state index contributed by atoms with van der Waals surface area (Å²) in [5, 5.41) is 2.45. The summed E-state index contributed by atoms with van der Waals surface area (Å²) in [5.41, 5.74) is -0.194. The average Bonchev–Trinajstić information content (AvgIpc) is 3.00. The van der Waals surface area contributed by atoms with E-state index < -0.39 is 6.17 Å². The van der Waals surface area contributed by atoms with Crippen LogP contribution in [0.3, 0.4) is 0 Å². The molecule has 3 heterocycles. The molecule has 0 aromatic carbocycles. The molecule has 1 fully saturated rings. The largest absolute Gasteiger partial charge is 0.338 e. The summed E-state index contributed by atoms with van der Waals surface area (Å²) >= 11 is 4.82. The molecule has 7 heteroatoms. The number of pyridine rings is 1. The van der Waals surface area contributed by atoms with Gasteiger partial charge in [0.15, 0.2) is 0 Å². The maximum Gasteiger partial charge on any atom is 0.260 e. The van der Waals surface area contributed by atoms with E-state index in [4.69, 9.17) is 0 Å². The second kappa shape index (κ2) is 5.29. The lowest BCUT2D eigenvalue weighted by molar-refractivity contribution is -0.131. The van der Waals surface area contributed by atoms with Gasteiger partial charge in [-0.05, 0) is 28.4 Å². The maximum absolute atomic E-state index is 13.1. The molecular formula is C13H12BrFN2O2S. The van der Waals surface area contributed by atoms with Crippen LogP contribution in [0.5, 0.6) is 0 Å². The van der Waals surface area contributed by atoms with Crippen molar-refractivity contribution in [3.63, 3.8) is 0 Å². The molecule has 3 rings (SSSR count). The fraction of sp³-hybridized carbons (Fsp3) is 0.385. The third kappa shape index (κ3) is 2.40. The van der Waals surface area contributed by atoms with Gasteiger partial charge in [-0.2, -0.15) is 0 Å². The van der Waals surface area contributed by atoms with Crippen LogP contribution in [0.4, 0.5) is 4.39 Å². The van der Waals surface area contributed by atoms with Crippen molar-refractivity contribution in [2.75, 3.05) is 13.1 Å². The number of fused-ring (bicyclic) bond motifs is 1. The molecular weight excluding hydrogens is 347 g/mol. The van der Waals surface area contributed by atoms with Crippen LogP contribution in [0.1, 0.15) is 6.42 Å². The number of nitrogens with zero attached hydrogens (tertiary/aromatic N) is 2. The van der Waals surface area contributed by atoms with Crippen LogP contribution in [0.25, 0.3) is 10.1 Å². The van der Waals surface area contributed by atoms with Crippen LogP contribution in [0.2, 0.25) is 0 Å². The molecule has 1 amide bonds. The Hall–Kier alpha value is -1.21. The van der Waals surface area contributed by atoms with Gasteiger partial charge in [-0.3, -0.25) is 9.59 Å². The van der Waals surface area contributed by atoms with Crippen LogP contribution in [0.15, 0.2) is 26.9 Å². The van der Waals surface area contributed by atoms with Crippen molar-refractivity contribution in [2.24, 2.45) is 0 Å². The highest BCUT2D eigenvalue weighted by Gasteiger charge is 2.26. The Balaban J connectivity index is 1.87. The molecule has 1 saturated heterocycles. The van der Waals surface area contributed by atoms with Gasteiger partial charge in [-0.25, -0.2) is 4.39 Å². The van der Waals surface area contributed by atoms with Crippen molar-refractivity contribution < 1.29 is 9.18 Å². The Kier molecular flexibility index (Phi) is 3.64. The van der Waals surface area contributed by atoms with Crippen molar-refractivity contribution in [3.05, 3.63) is 32.5 Å². The summed E-state index contributed by atoms with van der Waals surface area (Å²) in [6.07, 6.45) is 1.06. The minimum atomic E-state index is -0.941. The third-order valence-electron chi connectivity index (χ3n) is 3.44. The SMILES string of the molecule is O=C(Cn1ccc2scc(Br)c2c1=O)N1CCC(F)C1. The Bertz CT molecular complexity index is 727. The zero-order valence-corrected chi connectivity index (χ0v) is 12.9. The zero-order chi connectivity index (χ0) is 14.3. The zero-order valence-electron chi connectivity index (χ0n) is 10.5. The van der Waals surface area contributed by atoms with Gasteiger partial charge in [0.05, 0.1) is 11.9 Å². The van der Waals surface area contributed by atoms with Crippen molar-refractivity contribution in [1.29, 1.82) is 0 Å². The number of carbonyl (C=O) groups excluding carboxylic acids is 1. The average molecular weight is 359 g/mol. The lowest BCUT2D eigenvalue weighted by Gasteiger charge is -2.16. The van der Waals surface area contributed by atoms with Gasteiger partial charge in [0, 0.05) is 27.3 Å². The van der Waals surface area contributed by atoms with Crippen LogP contribution < -0.4 is 5.56 Å². The maximum atomic E-state index is 13.1. The van der Waals surface area contributed by atoms with Gasteiger partial charge in [0.2, 0.25) is 5.91 Å². The second-order valence-electron chi connectivity index (χ2n) is 4.80. The first kappa shape index (κ1) is 13.8. The lowest BCUT2D eigenvalue weighted by Crippen LogP contribution is -2.35. The Morgan fingerprint density at radius 1 is 1.55 bits per heavy atom.